The number of nitrogens with zero attached hydrogens (tertiary/aromatic N) is 2. The first kappa shape index (κ1) is 20.0. The molecule has 0 bridgehead atoms. The van der Waals surface area contributed by atoms with Crippen molar-refractivity contribution < 1.29 is 18.7 Å². The highest BCUT2D eigenvalue weighted by Crippen LogP contribution is 2.22. The Labute approximate surface area is 173 Å². The molecule has 7 nitrogen and oxygen atoms in total. The molecule has 0 atom stereocenters. The first-order chi connectivity index (χ1) is 14.6. The molecule has 1 fully saturated rings. The second-order valence-electron chi connectivity index (χ2n) is 7.42. The van der Waals surface area contributed by atoms with Crippen molar-refractivity contribution in [2.45, 2.75) is 12.8 Å². The first-order valence-corrected chi connectivity index (χ1v) is 9.97. The molecule has 0 unspecified atom stereocenters. The molecule has 1 amide bonds. The van der Waals surface area contributed by atoms with Crippen LogP contribution in [0.1, 0.15) is 23.2 Å². The topological polar surface area (TPSA) is 87.3 Å². The van der Waals surface area contributed by atoms with Crippen LogP contribution in [-0.4, -0.2) is 53.2 Å². The quantitative estimate of drug-likeness (QED) is 0.603. The van der Waals surface area contributed by atoms with Crippen LogP contribution in [0.4, 0.5) is 14.9 Å². The number of nitrogens with one attached hydrogen (secondary N) is 2. The molecule has 1 aromatic heterocycles. The summed E-state index contributed by atoms with van der Waals surface area (Å²) in [5.41, 5.74) is 2.03. The van der Waals surface area contributed by atoms with E-state index in [2.05, 4.69) is 20.4 Å². The Balaban J connectivity index is 1.18. The number of benzene rings is 2. The molecule has 156 valence electrons. The summed E-state index contributed by atoms with van der Waals surface area (Å²) in [6, 6.07) is 11.2. The lowest BCUT2D eigenvalue weighted by Crippen LogP contribution is -2.38. The molecule has 30 heavy (non-hydrogen) atoms. The number of carbonyl (C=O) groups excluding carboxylic acids is 2. The lowest BCUT2D eigenvalue weighted by molar-refractivity contribution is 0.0813. The lowest BCUT2D eigenvalue weighted by atomic mass is 9.89. The number of ether oxygens (including phenoxy) is 1. The van der Waals surface area contributed by atoms with E-state index < -0.39 is 6.09 Å². The molecule has 0 radical (unpaired) electrons. The zero-order valence-corrected chi connectivity index (χ0v) is 16.4. The first-order valence-electron chi connectivity index (χ1n) is 9.97. The van der Waals surface area contributed by atoms with Gasteiger partial charge in [0.1, 0.15) is 12.4 Å². The number of piperidine rings is 1. The van der Waals surface area contributed by atoms with Gasteiger partial charge < -0.3 is 4.74 Å². The number of aromatic amines is 1. The van der Waals surface area contributed by atoms with Gasteiger partial charge >= 0.3 is 6.09 Å². The summed E-state index contributed by atoms with van der Waals surface area (Å²) in [6.07, 6.45) is 2.70. The zero-order valence-electron chi connectivity index (χ0n) is 16.4. The van der Waals surface area contributed by atoms with E-state index in [9.17, 15) is 14.0 Å². The van der Waals surface area contributed by atoms with Crippen LogP contribution in [0.5, 0.6) is 0 Å². The van der Waals surface area contributed by atoms with Crippen molar-refractivity contribution in [2.24, 2.45) is 5.92 Å². The van der Waals surface area contributed by atoms with E-state index in [0.717, 1.165) is 36.8 Å². The summed E-state index contributed by atoms with van der Waals surface area (Å²) in [7, 11) is 0. The number of halogens is 1. The average Bonchev–Trinajstić information content (AvgIpc) is 3.22. The largest absolute Gasteiger partial charge is 0.448 e. The molecule has 1 aliphatic rings. The van der Waals surface area contributed by atoms with Gasteiger partial charge in [-0.05, 0) is 68.4 Å². The number of anilines is 1. The number of fused-ring (bicyclic) bond motifs is 1. The van der Waals surface area contributed by atoms with Gasteiger partial charge in [-0.1, -0.05) is 0 Å². The van der Waals surface area contributed by atoms with Gasteiger partial charge in [-0.15, -0.1) is 0 Å². The summed E-state index contributed by atoms with van der Waals surface area (Å²) in [5.74, 6) is -0.319. The molecule has 2 aromatic carbocycles. The Kier molecular flexibility index (Phi) is 6.04. The van der Waals surface area contributed by atoms with Gasteiger partial charge in [0.25, 0.3) is 0 Å². The van der Waals surface area contributed by atoms with Gasteiger partial charge in [-0.2, -0.15) is 5.10 Å². The zero-order chi connectivity index (χ0) is 20.9. The Bertz CT molecular complexity index is 1030. The highest BCUT2D eigenvalue weighted by molar-refractivity contribution is 5.97. The SMILES string of the molecule is O=C(Nc1ccc2cn[nH]c2c1)OCCN1CCC(C(=O)c2ccc(F)cc2)CC1. The van der Waals surface area contributed by atoms with Crippen LogP contribution >= 0.6 is 0 Å². The van der Waals surface area contributed by atoms with E-state index >= 15 is 0 Å². The summed E-state index contributed by atoms with van der Waals surface area (Å²) in [5, 5.41) is 10.5. The third-order valence-electron chi connectivity index (χ3n) is 5.42. The monoisotopic (exact) mass is 410 g/mol. The van der Waals surface area contributed by atoms with E-state index in [1.807, 2.05) is 6.07 Å². The molecule has 8 heteroatoms. The number of H-pyrrole nitrogens is 1. The molecule has 1 saturated heterocycles. The predicted molar refractivity (Wildman–Crippen MR) is 111 cm³/mol. The molecule has 2 N–H and O–H groups in total. The third-order valence-corrected chi connectivity index (χ3v) is 5.42. The number of Topliss-reactive ketones (excluding diaryl/α,β-unsaturated/α-hetero) is 1. The molecule has 0 aliphatic carbocycles. The fourth-order valence-corrected chi connectivity index (χ4v) is 3.70. The second-order valence-corrected chi connectivity index (χ2v) is 7.42. The highest BCUT2D eigenvalue weighted by atomic mass is 19.1. The van der Waals surface area contributed by atoms with Gasteiger partial charge in [0.05, 0.1) is 11.7 Å². The van der Waals surface area contributed by atoms with E-state index in [1.165, 1.54) is 12.1 Å². The number of rotatable bonds is 6. The normalized spacial score (nSPS) is 15.2. The fraction of sp³-hybridized carbons (Fsp3) is 0.318. The smallest absolute Gasteiger partial charge is 0.411 e. The van der Waals surface area contributed by atoms with Crippen LogP contribution in [-0.2, 0) is 4.74 Å². The van der Waals surface area contributed by atoms with Crippen molar-refractivity contribution in [2.75, 3.05) is 31.6 Å². The molecule has 4 rings (SSSR count). The maximum absolute atomic E-state index is 13.0. The van der Waals surface area contributed by atoms with Gasteiger partial charge in [0.15, 0.2) is 5.78 Å². The molecule has 0 saturated carbocycles. The molecule has 2 heterocycles. The molecule has 3 aromatic rings. The minimum absolute atomic E-state index is 0.0478. The number of likely N-dealkylation sites (tertiary alicyclic amines) is 1. The van der Waals surface area contributed by atoms with Crippen LogP contribution in [0.25, 0.3) is 10.9 Å². The number of hydrogen-bond acceptors (Lipinski definition) is 5. The lowest BCUT2D eigenvalue weighted by Gasteiger charge is -2.31. The van der Waals surface area contributed by atoms with Crippen LogP contribution in [0, 0.1) is 11.7 Å². The van der Waals surface area contributed by atoms with Crippen LogP contribution in [0.2, 0.25) is 0 Å². The van der Waals surface area contributed by atoms with E-state index in [4.69, 9.17) is 4.74 Å². The van der Waals surface area contributed by atoms with Crippen molar-refractivity contribution in [1.82, 2.24) is 15.1 Å². The van der Waals surface area contributed by atoms with Crippen LogP contribution < -0.4 is 5.32 Å². The maximum atomic E-state index is 13.0. The van der Waals surface area contributed by atoms with Crippen molar-refractivity contribution in [1.29, 1.82) is 0 Å². The standard InChI is InChI=1S/C22H23FN4O3/c23-18-4-1-15(2-5-18)21(28)16-7-9-27(10-8-16)11-12-30-22(29)25-19-6-3-17-14-24-26-20(17)13-19/h1-6,13-14,16H,7-12H2,(H,24,26)(H,25,29). The van der Waals surface area contributed by atoms with Crippen molar-refractivity contribution in [3.8, 4) is 0 Å². The Hall–Kier alpha value is -3.26. The van der Waals surface area contributed by atoms with Gasteiger partial charge in [0, 0.05) is 29.1 Å². The van der Waals surface area contributed by atoms with E-state index in [0.29, 0.717) is 17.8 Å². The maximum Gasteiger partial charge on any atom is 0.411 e. The van der Waals surface area contributed by atoms with Gasteiger partial charge in [-0.3, -0.25) is 20.1 Å². The molecular weight excluding hydrogens is 387 g/mol. The number of aromatic nitrogens is 2. The summed E-state index contributed by atoms with van der Waals surface area (Å²) in [4.78, 5) is 26.7. The second kappa shape index (κ2) is 9.04. The minimum Gasteiger partial charge on any atom is -0.448 e. The summed E-state index contributed by atoms with van der Waals surface area (Å²) in [6.45, 7) is 2.41. The molecular formula is C22H23FN4O3. The molecule has 0 spiro atoms. The number of carbonyl (C=O) groups is 2. The Morgan fingerprint density at radius 3 is 2.70 bits per heavy atom. The predicted octanol–water partition coefficient (Wildman–Crippen LogP) is 3.85. The molecule has 1 aliphatic heterocycles. The average molecular weight is 410 g/mol. The highest BCUT2D eigenvalue weighted by Gasteiger charge is 2.25. The van der Waals surface area contributed by atoms with E-state index in [-0.39, 0.29) is 24.1 Å². The Morgan fingerprint density at radius 2 is 1.93 bits per heavy atom. The van der Waals surface area contributed by atoms with E-state index in [1.54, 1.807) is 30.5 Å². The number of ketones is 1. The van der Waals surface area contributed by atoms with Crippen LogP contribution in [0.3, 0.4) is 0 Å². The summed E-state index contributed by atoms with van der Waals surface area (Å²) >= 11 is 0. The van der Waals surface area contributed by atoms with Crippen molar-refractivity contribution in [3.05, 3.63) is 60.0 Å². The van der Waals surface area contributed by atoms with Crippen LogP contribution in [0.15, 0.2) is 48.7 Å². The van der Waals surface area contributed by atoms with Gasteiger partial charge in [0.2, 0.25) is 0 Å². The number of amides is 1. The third kappa shape index (κ3) is 4.83. The van der Waals surface area contributed by atoms with Crippen molar-refractivity contribution >= 4 is 28.5 Å². The number of hydrogen-bond donors (Lipinski definition) is 2. The Morgan fingerprint density at radius 1 is 1.17 bits per heavy atom. The fourth-order valence-electron chi connectivity index (χ4n) is 3.70. The minimum atomic E-state index is -0.504. The van der Waals surface area contributed by atoms with Crippen molar-refractivity contribution in [3.63, 3.8) is 0 Å². The summed E-state index contributed by atoms with van der Waals surface area (Å²) < 4.78 is 18.3. The van der Waals surface area contributed by atoms with Gasteiger partial charge in [-0.25, -0.2) is 9.18 Å².